The first kappa shape index (κ1) is 23.2. The van der Waals surface area contributed by atoms with Crippen LogP contribution in [0, 0.1) is 5.92 Å². The molecule has 0 aliphatic heterocycles. The molecule has 2 aromatic rings. The fourth-order valence-corrected chi connectivity index (χ4v) is 3.39. The van der Waals surface area contributed by atoms with Crippen molar-refractivity contribution in [3.05, 3.63) is 69.7 Å². The van der Waals surface area contributed by atoms with Crippen LogP contribution in [-0.2, 0) is 22.6 Å². The van der Waals surface area contributed by atoms with Crippen LogP contribution < -0.4 is 5.32 Å². The Hall–Kier alpha value is -2.04. The third kappa shape index (κ3) is 7.37. The van der Waals surface area contributed by atoms with E-state index >= 15 is 0 Å². The normalized spacial score (nSPS) is 11.9. The van der Waals surface area contributed by atoms with Gasteiger partial charge in [-0.1, -0.05) is 68.2 Å². The smallest absolute Gasteiger partial charge is 0.242 e. The SMILES string of the molecule is CC[C@@H](C(=O)NCC(C)C)N(Cc1ccc(Cl)cc1)C(=O)Cc1cccc(Cl)c1. The minimum Gasteiger partial charge on any atom is -0.354 e. The highest BCUT2D eigenvalue weighted by Crippen LogP contribution is 2.18. The summed E-state index contributed by atoms with van der Waals surface area (Å²) in [5.74, 6) is 0.0895. The van der Waals surface area contributed by atoms with Crippen LogP contribution in [0.4, 0.5) is 0 Å². The Bertz CT molecular complexity index is 822. The summed E-state index contributed by atoms with van der Waals surface area (Å²) in [6.07, 6.45) is 0.709. The first-order valence-corrected chi connectivity index (χ1v) is 10.6. The summed E-state index contributed by atoms with van der Waals surface area (Å²) in [5, 5.41) is 4.18. The van der Waals surface area contributed by atoms with E-state index in [1.54, 1.807) is 29.2 Å². The highest BCUT2D eigenvalue weighted by Gasteiger charge is 2.28. The lowest BCUT2D eigenvalue weighted by Crippen LogP contribution is -2.50. The summed E-state index contributed by atoms with van der Waals surface area (Å²) < 4.78 is 0. The van der Waals surface area contributed by atoms with Gasteiger partial charge in [-0.25, -0.2) is 0 Å². The Labute approximate surface area is 183 Å². The second kappa shape index (κ2) is 11.2. The standard InChI is InChI=1S/C23H28Cl2N2O2/c1-4-21(23(29)26-14-16(2)3)27(15-17-8-10-19(24)11-9-17)22(28)13-18-6-5-7-20(25)12-18/h5-12,16,21H,4,13-15H2,1-3H3,(H,26,29)/t21-/m0/s1. The second-order valence-electron chi connectivity index (χ2n) is 7.52. The van der Waals surface area contributed by atoms with E-state index in [2.05, 4.69) is 5.32 Å². The van der Waals surface area contributed by atoms with Crippen molar-refractivity contribution in [2.75, 3.05) is 6.54 Å². The second-order valence-corrected chi connectivity index (χ2v) is 8.39. The predicted octanol–water partition coefficient (Wildman–Crippen LogP) is 5.12. The maximum Gasteiger partial charge on any atom is 0.242 e. The number of carbonyl (C=O) groups excluding carboxylic acids is 2. The molecule has 0 spiro atoms. The fraction of sp³-hybridized carbons (Fsp3) is 0.391. The molecular formula is C23H28Cl2N2O2. The lowest BCUT2D eigenvalue weighted by molar-refractivity contribution is -0.141. The van der Waals surface area contributed by atoms with Crippen LogP contribution in [0.5, 0.6) is 0 Å². The fourth-order valence-electron chi connectivity index (χ4n) is 3.05. The molecular weight excluding hydrogens is 407 g/mol. The zero-order chi connectivity index (χ0) is 21.4. The zero-order valence-corrected chi connectivity index (χ0v) is 18.6. The van der Waals surface area contributed by atoms with Crippen LogP contribution in [0.1, 0.15) is 38.3 Å². The van der Waals surface area contributed by atoms with Crippen molar-refractivity contribution in [3.63, 3.8) is 0 Å². The van der Waals surface area contributed by atoms with E-state index in [9.17, 15) is 9.59 Å². The summed E-state index contributed by atoms with van der Waals surface area (Å²) in [7, 11) is 0. The van der Waals surface area contributed by atoms with E-state index < -0.39 is 6.04 Å². The molecule has 0 aliphatic rings. The molecule has 0 saturated heterocycles. The highest BCUT2D eigenvalue weighted by atomic mass is 35.5. The van der Waals surface area contributed by atoms with Crippen LogP contribution in [0.25, 0.3) is 0 Å². The van der Waals surface area contributed by atoms with Crippen LogP contribution in [0.2, 0.25) is 10.0 Å². The maximum absolute atomic E-state index is 13.2. The topological polar surface area (TPSA) is 49.4 Å². The van der Waals surface area contributed by atoms with E-state index in [1.165, 1.54) is 0 Å². The molecule has 156 valence electrons. The number of halogens is 2. The van der Waals surface area contributed by atoms with E-state index in [4.69, 9.17) is 23.2 Å². The number of nitrogens with one attached hydrogen (secondary N) is 1. The van der Waals surface area contributed by atoms with Gasteiger partial charge < -0.3 is 10.2 Å². The van der Waals surface area contributed by atoms with Gasteiger partial charge in [0.15, 0.2) is 0 Å². The van der Waals surface area contributed by atoms with Gasteiger partial charge in [0.25, 0.3) is 0 Å². The molecule has 0 saturated carbocycles. The quantitative estimate of drug-likeness (QED) is 0.595. The van der Waals surface area contributed by atoms with Gasteiger partial charge in [0.05, 0.1) is 6.42 Å². The lowest BCUT2D eigenvalue weighted by atomic mass is 10.1. The van der Waals surface area contributed by atoms with Crippen LogP contribution >= 0.6 is 23.2 Å². The van der Waals surface area contributed by atoms with Crippen molar-refractivity contribution in [3.8, 4) is 0 Å². The first-order chi connectivity index (χ1) is 13.8. The molecule has 0 radical (unpaired) electrons. The molecule has 0 bridgehead atoms. The number of hydrogen-bond acceptors (Lipinski definition) is 2. The Morgan fingerprint density at radius 3 is 2.28 bits per heavy atom. The van der Waals surface area contributed by atoms with Crippen molar-refractivity contribution < 1.29 is 9.59 Å². The Kier molecular flexibility index (Phi) is 8.99. The van der Waals surface area contributed by atoms with Crippen LogP contribution in [-0.4, -0.2) is 29.3 Å². The summed E-state index contributed by atoms with van der Waals surface area (Å²) >= 11 is 12.0. The monoisotopic (exact) mass is 434 g/mol. The van der Waals surface area contributed by atoms with Gasteiger partial charge in [-0.05, 0) is 47.7 Å². The number of amides is 2. The summed E-state index contributed by atoms with van der Waals surface area (Å²) in [6.45, 7) is 6.91. The van der Waals surface area contributed by atoms with E-state index in [1.807, 2.05) is 45.0 Å². The van der Waals surface area contributed by atoms with E-state index in [0.717, 1.165) is 11.1 Å². The molecule has 6 heteroatoms. The van der Waals surface area contributed by atoms with E-state index in [-0.39, 0.29) is 18.2 Å². The van der Waals surface area contributed by atoms with Gasteiger partial charge in [0, 0.05) is 23.1 Å². The zero-order valence-electron chi connectivity index (χ0n) is 17.1. The number of rotatable bonds is 9. The summed E-state index contributed by atoms with van der Waals surface area (Å²) in [4.78, 5) is 27.7. The summed E-state index contributed by atoms with van der Waals surface area (Å²) in [6, 6.07) is 14.0. The molecule has 4 nitrogen and oxygen atoms in total. The van der Waals surface area contributed by atoms with Gasteiger partial charge in [-0.15, -0.1) is 0 Å². The number of carbonyl (C=O) groups is 2. The third-order valence-electron chi connectivity index (χ3n) is 4.58. The minimum atomic E-state index is -0.545. The molecule has 1 atom stereocenters. The molecule has 1 N–H and O–H groups in total. The van der Waals surface area contributed by atoms with Crippen molar-refractivity contribution in [2.24, 2.45) is 5.92 Å². The van der Waals surface area contributed by atoms with E-state index in [0.29, 0.717) is 35.5 Å². The van der Waals surface area contributed by atoms with Gasteiger partial charge in [0.1, 0.15) is 6.04 Å². The Morgan fingerprint density at radius 2 is 1.69 bits per heavy atom. The third-order valence-corrected chi connectivity index (χ3v) is 5.07. The lowest BCUT2D eigenvalue weighted by Gasteiger charge is -2.31. The molecule has 0 unspecified atom stereocenters. The summed E-state index contributed by atoms with van der Waals surface area (Å²) in [5.41, 5.74) is 1.74. The van der Waals surface area contributed by atoms with Crippen molar-refractivity contribution in [1.29, 1.82) is 0 Å². The van der Waals surface area contributed by atoms with Gasteiger partial charge in [0.2, 0.25) is 11.8 Å². The Balaban J connectivity index is 2.25. The molecule has 0 aromatic heterocycles. The molecule has 0 fully saturated rings. The minimum absolute atomic E-state index is 0.117. The average molecular weight is 435 g/mol. The van der Waals surface area contributed by atoms with Crippen molar-refractivity contribution >= 4 is 35.0 Å². The molecule has 0 heterocycles. The molecule has 2 amide bonds. The molecule has 0 aliphatic carbocycles. The predicted molar refractivity (Wildman–Crippen MR) is 119 cm³/mol. The van der Waals surface area contributed by atoms with Crippen LogP contribution in [0.3, 0.4) is 0 Å². The van der Waals surface area contributed by atoms with Gasteiger partial charge in [-0.2, -0.15) is 0 Å². The van der Waals surface area contributed by atoms with Gasteiger partial charge >= 0.3 is 0 Å². The van der Waals surface area contributed by atoms with Crippen LogP contribution in [0.15, 0.2) is 48.5 Å². The number of benzene rings is 2. The van der Waals surface area contributed by atoms with Crippen molar-refractivity contribution in [1.82, 2.24) is 10.2 Å². The first-order valence-electron chi connectivity index (χ1n) is 9.86. The molecule has 29 heavy (non-hydrogen) atoms. The average Bonchev–Trinajstić information content (AvgIpc) is 2.67. The highest BCUT2D eigenvalue weighted by molar-refractivity contribution is 6.30. The van der Waals surface area contributed by atoms with Crippen molar-refractivity contribution in [2.45, 2.75) is 46.2 Å². The largest absolute Gasteiger partial charge is 0.354 e. The Morgan fingerprint density at radius 1 is 1.00 bits per heavy atom. The molecule has 2 aromatic carbocycles. The molecule has 2 rings (SSSR count). The maximum atomic E-state index is 13.2. The number of nitrogens with zero attached hydrogens (tertiary/aromatic N) is 1. The van der Waals surface area contributed by atoms with Gasteiger partial charge in [-0.3, -0.25) is 9.59 Å². The number of hydrogen-bond donors (Lipinski definition) is 1.